The van der Waals surface area contributed by atoms with Crippen molar-refractivity contribution < 1.29 is 32.4 Å². The number of hydrogen-bond donors (Lipinski definition) is 2. The van der Waals surface area contributed by atoms with E-state index in [1.807, 2.05) is 0 Å². The van der Waals surface area contributed by atoms with Crippen molar-refractivity contribution in [3.63, 3.8) is 0 Å². The molecule has 0 radical (unpaired) electrons. The normalized spacial score (nSPS) is 10.9. The number of ether oxygens (including phenoxy) is 1. The number of rotatable bonds is 8. The number of alkyl halides is 3. The van der Waals surface area contributed by atoms with Crippen LogP contribution in [0.25, 0.3) is 0 Å². The molecule has 29 heavy (non-hydrogen) atoms. The molecular weight excluding hydrogens is 395 g/mol. The molecule has 0 heterocycles. The molecule has 2 N–H and O–H groups in total. The molecule has 0 aromatic heterocycles. The predicted molar refractivity (Wildman–Crippen MR) is 95.4 cm³/mol. The molecule has 0 atom stereocenters. The number of nitrogens with zero attached hydrogens (tertiary/aromatic N) is 1. The molecule has 2 aromatic carbocycles. The Kier molecular flexibility index (Phi) is 7.12. The van der Waals surface area contributed by atoms with Crippen LogP contribution in [0.2, 0.25) is 0 Å². The summed E-state index contributed by atoms with van der Waals surface area (Å²) in [5.74, 6) is -0.939. The van der Waals surface area contributed by atoms with Crippen LogP contribution in [0.1, 0.15) is 15.9 Å². The average Bonchev–Trinajstić information content (AvgIpc) is 2.69. The van der Waals surface area contributed by atoms with E-state index in [0.29, 0.717) is 0 Å². The highest BCUT2D eigenvalue weighted by Gasteiger charge is 2.30. The molecule has 2 rings (SSSR count). The number of amides is 2. The minimum atomic E-state index is -4.48. The van der Waals surface area contributed by atoms with Gasteiger partial charge in [-0.25, -0.2) is 0 Å². The maximum Gasteiger partial charge on any atom is 0.416 e. The van der Waals surface area contributed by atoms with Crippen LogP contribution >= 0.6 is 0 Å². The fourth-order valence-electron chi connectivity index (χ4n) is 2.18. The van der Waals surface area contributed by atoms with Gasteiger partial charge in [0.25, 0.3) is 17.5 Å². The lowest BCUT2D eigenvalue weighted by atomic mass is 10.1. The minimum absolute atomic E-state index is 0.0441. The molecule has 0 saturated heterocycles. The third kappa shape index (κ3) is 6.79. The summed E-state index contributed by atoms with van der Waals surface area (Å²) >= 11 is 0. The summed E-state index contributed by atoms with van der Waals surface area (Å²) in [6.45, 7) is -0.278. The lowest BCUT2D eigenvalue weighted by Crippen LogP contribution is -2.36. The van der Waals surface area contributed by atoms with Crippen LogP contribution in [-0.4, -0.2) is 36.4 Å². The third-order valence-corrected chi connectivity index (χ3v) is 3.61. The zero-order valence-corrected chi connectivity index (χ0v) is 14.9. The summed E-state index contributed by atoms with van der Waals surface area (Å²) in [5.41, 5.74) is -0.975. The van der Waals surface area contributed by atoms with E-state index >= 15 is 0 Å². The van der Waals surface area contributed by atoms with E-state index in [-0.39, 0.29) is 36.7 Å². The quantitative estimate of drug-likeness (QED) is 0.394. The summed E-state index contributed by atoms with van der Waals surface area (Å²) in [6.07, 6.45) is -4.48. The fraction of sp³-hybridized carbons (Fsp3) is 0.222. The van der Waals surface area contributed by atoms with Crippen molar-refractivity contribution >= 4 is 17.5 Å². The first-order chi connectivity index (χ1) is 13.7. The van der Waals surface area contributed by atoms with E-state index in [0.717, 1.165) is 24.3 Å². The van der Waals surface area contributed by atoms with Crippen molar-refractivity contribution in [3.05, 3.63) is 69.8 Å². The fourth-order valence-corrected chi connectivity index (χ4v) is 2.18. The highest BCUT2D eigenvalue weighted by Crippen LogP contribution is 2.29. The van der Waals surface area contributed by atoms with E-state index in [1.54, 1.807) is 0 Å². The Morgan fingerprint density at radius 3 is 2.31 bits per heavy atom. The van der Waals surface area contributed by atoms with Crippen LogP contribution in [0.4, 0.5) is 18.9 Å². The molecule has 0 spiro atoms. The molecule has 0 aliphatic carbocycles. The lowest BCUT2D eigenvalue weighted by molar-refractivity contribution is -0.384. The van der Waals surface area contributed by atoms with Crippen molar-refractivity contribution in [2.75, 3.05) is 19.7 Å². The summed E-state index contributed by atoms with van der Waals surface area (Å²) in [5, 5.41) is 15.6. The molecular formula is C18H16F3N3O5. The smallest absolute Gasteiger partial charge is 0.416 e. The van der Waals surface area contributed by atoms with Gasteiger partial charge in [-0.05, 0) is 30.3 Å². The van der Waals surface area contributed by atoms with E-state index in [1.165, 1.54) is 24.3 Å². The maximum atomic E-state index is 12.5. The Morgan fingerprint density at radius 2 is 1.69 bits per heavy atom. The molecule has 2 amide bonds. The van der Waals surface area contributed by atoms with Gasteiger partial charge in [-0.1, -0.05) is 6.07 Å². The van der Waals surface area contributed by atoms with Crippen LogP contribution in [-0.2, 0) is 11.0 Å². The van der Waals surface area contributed by atoms with Gasteiger partial charge in [0.15, 0.2) is 6.61 Å². The van der Waals surface area contributed by atoms with Gasteiger partial charge in [0.1, 0.15) is 5.75 Å². The SMILES string of the molecule is O=C(COc1cccc([N+](=O)[O-])c1)NCCNC(=O)c1ccc(C(F)(F)F)cc1. The number of hydrogen-bond acceptors (Lipinski definition) is 5. The second kappa shape index (κ2) is 9.53. The summed E-state index contributed by atoms with van der Waals surface area (Å²) in [4.78, 5) is 33.6. The van der Waals surface area contributed by atoms with Crippen molar-refractivity contribution in [2.45, 2.75) is 6.18 Å². The second-order valence-electron chi connectivity index (χ2n) is 5.72. The van der Waals surface area contributed by atoms with E-state index < -0.39 is 28.5 Å². The summed E-state index contributed by atoms with van der Waals surface area (Å²) in [6, 6.07) is 9.08. The van der Waals surface area contributed by atoms with Crippen LogP contribution in [0, 0.1) is 10.1 Å². The second-order valence-corrected chi connectivity index (χ2v) is 5.72. The molecule has 0 fully saturated rings. The van der Waals surface area contributed by atoms with Crippen LogP contribution < -0.4 is 15.4 Å². The van der Waals surface area contributed by atoms with Crippen LogP contribution in [0.3, 0.4) is 0 Å². The van der Waals surface area contributed by atoms with E-state index in [2.05, 4.69) is 10.6 Å². The number of carbonyl (C=O) groups excluding carboxylic acids is 2. The van der Waals surface area contributed by atoms with Crippen LogP contribution in [0.15, 0.2) is 48.5 Å². The molecule has 0 saturated carbocycles. The predicted octanol–water partition coefficient (Wildman–Crippen LogP) is 2.54. The lowest BCUT2D eigenvalue weighted by Gasteiger charge is -2.09. The Labute approximate surface area is 162 Å². The van der Waals surface area contributed by atoms with E-state index in [9.17, 15) is 32.9 Å². The largest absolute Gasteiger partial charge is 0.484 e. The number of nitro groups is 1. The first-order valence-electron chi connectivity index (χ1n) is 8.26. The molecule has 8 nitrogen and oxygen atoms in total. The molecule has 0 bridgehead atoms. The number of halogens is 3. The highest BCUT2D eigenvalue weighted by atomic mass is 19.4. The van der Waals surface area contributed by atoms with Crippen molar-refractivity contribution in [1.29, 1.82) is 0 Å². The standard InChI is InChI=1S/C18H16F3N3O5/c19-18(20,21)13-6-4-12(5-7-13)17(26)23-9-8-22-16(25)11-29-15-3-1-2-14(10-15)24(27)28/h1-7,10H,8-9,11H2,(H,22,25)(H,23,26). The zero-order chi connectivity index (χ0) is 21.4. The van der Waals surface area contributed by atoms with Gasteiger partial charge in [0.2, 0.25) is 0 Å². The average molecular weight is 411 g/mol. The molecule has 0 aliphatic heterocycles. The highest BCUT2D eigenvalue weighted by molar-refractivity contribution is 5.94. The molecule has 154 valence electrons. The van der Waals surface area contributed by atoms with Gasteiger partial charge in [0, 0.05) is 24.7 Å². The maximum absolute atomic E-state index is 12.5. The van der Waals surface area contributed by atoms with Gasteiger partial charge < -0.3 is 15.4 Å². The summed E-state index contributed by atoms with van der Waals surface area (Å²) < 4.78 is 42.6. The Hall–Kier alpha value is -3.63. The molecule has 0 aliphatic rings. The number of carbonyl (C=O) groups is 2. The number of nitrogens with one attached hydrogen (secondary N) is 2. The Balaban J connectivity index is 1.70. The van der Waals surface area contributed by atoms with Gasteiger partial charge >= 0.3 is 6.18 Å². The number of nitro benzene ring substituents is 1. The Bertz CT molecular complexity index is 885. The number of benzene rings is 2. The van der Waals surface area contributed by atoms with Crippen molar-refractivity contribution in [3.8, 4) is 5.75 Å². The van der Waals surface area contributed by atoms with Gasteiger partial charge in [-0.15, -0.1) is 0 Å². The minimum Gasteiger partial charge on any atom is -0.484 e. The molecule has 0 unspecified atom stereocenters. The van der Waals surface area contributed by atoms with E-state index in [4.69, 9.17) is 4.74 Å². The summed E-state index contributed by atoms with van der Waals surface area (Å²) in [7, 11) is 0. The zero-order valence-electron chi connectivity index (χ0n) is 14.9. The Morgan fingerprint density at radius 1 is 1.03 bits per heavy atom. The van der Waals surface area contributed by atoms with Gasteiger partial charge in [-0.3, -0.25) is 19.7 Å². The monoisotopic (exact) mass is 411 g/mol. The van der Waals surface area contributed by atoms with Gasteiger partial charge in [-0.2, -0.15) is 13.2 Å². The number of non-ortho nitro benzene ring substituents is 1. The van der Waals surface area contributed by atoms with Gasteiger partial charge in [0.05, 0.1) is 16.6 Å². The first-order valence-corrected chi connectivity index (χ1v) is 8.26. The molecule has 2 aromatic rings. The van der Waals surface area contributed by atoms with Crippen molar-refractivity contribution in [2.24, 2.45) is 0 Å². The molecule has 11 heteroatoms. The van der Waals surface area contributed by atoms with Crippen molar-refractivity contribution in [1.82, 2.24) is 10.6 Å². The third-order valence-electron chi connectivity index (χ3n) is 3.61. The topological polar surface area (TPSA) is 111 Å². The van der Waals surface area contributed by atoms with Crippen LogP contribution in [0.5, 0.6) is 5.75 Å². The first kappa shape index (κ1) is 21.7.